The smallest absolute Gasteiger partial charge is 0.255 e. The van der Waals surface area contributed by atoms with Crippen LogP contribution in [0.4, 0.5) is 10.1 Å². The molecule has 0 bridgehead atoms. The second kappa shape index (κ2) is 5.81. The predicted octanol–water partition coefficient (Wildman–Crippen LogP) is 1.92. The molecule has 0 saturated carbocycles. The van der Waals surface area contributed by atoms with Gasteiger partial charge in [-0.3, -0.25) is 14.9 Å². The van der Waals surface area contributed by atoms with Crippen LogP contribution in [-0.2, 0) is 9.59 Å². The lowest BCUT2D eigenvalue weighted by Gasteiger charge is -2.30. The van der Waals surface area contributed by atoms with Crippen molar-refractivity contribution >= 4 is 17.4 Å². The second-order valence-corrected chi connectivity index (χ2v) is 6.03. The largest absolute Gasteiger partial charge is 0.299 e. The van der Waals surface area contributed by atoms with Gasteiger partial charge in [-0.15, -0.1) is 0 Å². The molecule has 2 aliphatic heterocycles. The van der Waals surface area contributed by atoms with Crippen LogP contribution < -0.4 is 15.8 Å². The number of rotatable bonds is 2. The molecule has 1 amide bonds. The van der Waals surface area contributed by atoms with E-state index >= 15 is 0 Å². The number of amides is 1. The first kappa shape index (κ1) is 15.0. The Morgan fingerprint density at radius 2 is 1.71 bits per heavy atom. The van der Waals surface area contributed by atoms with Gasteiger partial charge in [-0.05, 0) is 29.8 Å². The summed E-state index contributed by atoms with van der Waals surface area (Å²) in [5.41, 5.74) is 4.61. The van der Waals surface area contributed by atoms with Gasteiger partial charge in [0.15, 0.2) is 0 Å². The number of ketones is 1. The molecule has 122 valence electrons. The van der Waals surface area contributed by atoms with E-state index in [4.69, 9.17) is 0 Å². The van der Waals surface area contributed by atoms with Gasteiger partial charge < -0.3 is 0 Å². The van der Waals surface area contributed by atoms with E-state index in [2.05, 4.69) is 10.7 Å². The molecule has 0 aromatic heterocycles. The summed E-state index contributed by atoms with van der Waals surface area (Å²) in [6, 6.07) is 15.0. The molecule has 4 rings (SSSR count). The minimum Gasteiger partial charge on any atom is -0.299 e. The number of fused-ring (bicyclic) bond motifs is 1. The van der Waals surface area contributed by atoms with E-state index in [9.17, 15) is 14.0 Å². The Kier molecular flexibility index (Phi) is 3.63. The van der Waals surface area contributed by atoms with Gasteiger partial charge in [0, 0.05) is 12.5 Å². The Balaban J connectivity index is 1.58. The Morgan fingerprint density at radius 1 is 1.00 bits per heavy atom. The fourth-order valence-corrected chi connectivity index (χ4v) is 3.31. The minimum absolute atomic E-state index is 0.107. The number of piperidine rings is 1. The van der Waals surface area contributed by atoms with E-state index in [1.807, 2.05) is 30.3 Å². The highest BCUT2D eigenvalue weighted by atomic mass is 19.1. The molecule has 24 heavy (non-hydrogen) atoms. The quantitative estimate of drug-likeness (QED) is 0.828. The van der Waals surface area contributed by atoms with Gasteiger partial charge in [-0.25, -0.2) is 14.8 Å². The van der Waals surface area contributed by atoms with Crippen LogP contribution in [0, 0.1) is 11.7 Å². The molecular weight excluding hydrogens is 309 g/mol. The fraction of sp³-hybridized carbons (Fsp3) is 0.222. The van der Waals surface area contributed by atoms with E-state index in [-0.39, 0.29) is 30.0 Å². The van der Waals surface area contributed by atoms with Crippen LogP contribution in [0.1, 0.15) is 18.0 Å². The summed E-state index contributed by atoms with van der Waals surface area (Å²) >= 11 is 0. The number of hydrogen-bond acceptors (Lipinski definition) is 4. The number of benzene rings is 2. The van der Waals surface area contributed by atoms with Crippen molar-refractivity contribution in [1.82, 2.24) is 10.7 Å². The van der Waals surface area contributed by atoms with Crippen molar-refractivity contribution in [3.05, 3.63) is 66.0 Å². The summed E-state index contributed by atoms with van der Waals surface area (Å²) in [6.07, 6.45) is -0.253. The summed E-state index contributed by atoms with van der Waals surface area (Å²) in [4.78, 5) is 25.1. The summed E-state index contributed by atoms with van der Waals surface area (Å²) in [7, 11) is 0. The molecule has 2 N–H and O–H groups in total. The Labute approximate surface area is 138 Å². The van der Waals surface area contributed by atoms with Crippen LogP contribution in [0.3, 0.4) is 0 Å². The number of nitrogens with zero attached hydrogens (tertiary/aromatic N) is 1. The van der Waals surface area contributed by atoms with Crippen LogP contribution in [-0.4, -0.2) is 17.9 Å². The van der Waals surface area contributed by atoms with E-state index in [0.29, 0.717) is 5.69 Å². The zero-order valence-corrected chi connectivity index (χ0v) is 12.8. The van der Waals surface area contributed by atoms with Gasteiger partial charge in [0.1, 0.15) is 17.5 Å². The van der Waals surface area contributed by atoms with Gasteiger partial charge in [-0.2, -0.15) is 0 Å². The SMILES string of the molecule is O=C1CC(c2ccc(F)cc2)NC2NN(c3ccccc3)C(=O)C12. The van der Waals surface area contributed by atoms with Gasteiger partial charge >= 0.3 is 0 Å². The molecule has 2 fully saturated rings. The van der Waals surface area contributed by atoms with Crippen molar-refractivity contribution in [1.29, 1.82) is 0 Å². The lowest BCUT2D eigenvalue weighted by atomic mass is 9.87. The average molecular weight is 325 g/mol. The molecule has 2 saturated heterocycles. The number of halogens is 1. The highest BCUT2D eigenvalue weighted by Gasteiger charge is 2.49. The van der Waals surface area contributed by atoms with Crippen molar-refractivity contribution in [2.75, 3.05) is 5.01 Å². The van der Waals surface area contributed by atoms with Gasteiger partial charge in [0.2, 0.25) is 0 Å². The van der Waals surface area contributed by atoms with Crippen molar-refractivity contribution in [3.63, 3.8) is 0 Å². The standard InChI is InChI=1S/C18H16FN3O2/c19-12-8-6-11(7-9-12)14-10-15(23)16-17(20-14)21-22(18(16)24)13-4-2-1-3-5-13/h1-9,14,16-17,20-21H,10H2. The third-order valence-corrected chi connectivity index (χ3v) is 4.51. The first-order chi connectivity index (χ1) is 11.6. The van der Waals surface area contributed by atoms with Crippen molar-refractivity contribution in [2.45, 2.75) is 18.6 Å². The molecular formula is C18H16FN3O2. The first-order valence-electron chi connectivity index (χ1n) is 7.83. The zero-order valence-electron chi connectivity index (χ0n) is 12.8. The van der Waals surface area contributed by atoms with Crippen molar-refractivity contribution in [2.24, 2.45) is 5.92 Å². The number of hydrazine groups is 1. The highest BCUT2D eigenvalue weighted by Crippen LogP contribution is 2.31. The topological polar surface area (TPSA) is 61.4 Å². The number of para-hydroxylation sites is 1. The Bertz CT molecular complexity index is 779. The molecule has 0 radical (unpaired) electrons. The average Bonchev–Trinajstić information content (AvgIpc) is 2.93. The molecule has 6 heteroatoms. The number of hydrogen-bond donors (Lipinski definition) is 2. The molecule has 2 heterocycles. The van der Waals surface area contributed by atoms with Crippen molar-refractivity contribution < 1.29 is 14.0 Å². The summed E-state index contributed by atoms with van der Waals surface area (Å²) in [5, 5.41) is 4.72. The fourth-order valence-electron chi connectivity index (χ4n) is 3.31. The highest BCUT2D eigenvalue weighted by molar-refractivity contribution is 6.11. The lowest BCUT2D eigenvalue weighted by molar-refractivity contribution is -0.133. The van der Waals surface area contributed by atoms with E-state index in [1.165, 1.54) is 17.1 Å². The van der Waals surface area contributed by atoms with Gasteiger partial charge in [-0.1, -0.05) is 30.3 Å². The maximum absolute atomic E-state index is 13.1. The summed E-state index contributed by atoms with van der Waals surface area (Å²) in [5.74, 6) is -1.41. The molecule has 2 aromatic carbocycles. The molecule has 5 nitrogen and oxygen atoms in total. The number of nitrogens with one attached hydrogen (secondary N) is 2. The lowest BCUT2D eigenvalue weighted by Crippen LogP contribution is -2.52. The first-order valence-corrected chi connectivity index (χ1v) is 7.83. The van der Waals surface area contributed by atoms with Gasteiger partial charge in [0.05, 0.1) is 11.9 Å². The molecule has 2 aromatic rings. The summed E-state index contributed by atoms with van der Waals surface area (Å²) in [6.45, 7) is 0. The maximum Gasteiger partial charge on any atom is 0.255 e. The number of anilines is 1. The van der Waals surface area contributed by atoms with E-state index in [0.717, 1.165) is 5.56 Å². The second-order valence-electron chi connectivity index (χ2n) is 6.03. The molecule has 3 atom stereocenters. The third-order valence-electron chi connectivity index (χ3n) is 4.51. The number of carbonyl (C=O) groups excluding carboxylic acids is 2. The van der Waals surface area contributed by atoms with Crippen LogP contribution in [0.25, 0.3) is 0 Å². The van der Waals surface area contributed by atoms with Crippen LogP contribution in [0.5, 0.6) is 0 Å². The van der Waals surface area contributed by atoms with E-state index < -0.39 is 12.1 Å². The predicted molar refractivity (Wildman–Crippen MR) is 86.2 cm³/mol. The van der Waals surface area contributed by atoms with Gasteiger partial charge in [0.25, 0.3) is 5.91 Å². The molecule has 0 spiro atoms. The summed E-state index contributed by atoms with van der Waals surface area (Å²) < 4.78 is 13.1. The number of carbonyl (C=O) groups is 2. The molecule has 3 unspecified atom stereocenters. The van der Waals surface area contributed by atoms with Crippen LogP contribution >= 0.6 is 0 Å². The van der Waals surface area contributed by atoms with Crippen molar-refractivity contribution in [3.8, 4) is 0 Å². The van der Waals surface area contributed by atoms with Crippen LogP contribution in [0.15, 0.2) is 54.6 Å². The Hall–Kier alpha value is -2.57. The third kappa shape index (κ3) is 2.50. The monoisotopic (exact) mass is 325 g/mol. The van der Waals surface area contributed by atoms with E-state index in [1.54, 1.807) is 12.1 Å². The minimum atomic E-state index is -0.734. The molecule has 0 aliphatic carbocycles. The normalized spacial score (nSPS) is 26.5. The van der Waals surface area contributed by atoms with Crippen LogP contribution in [0.2, 0.25) is 0 Å². The maximum atomic E-state index is 13.1. The zero-order chi connectivity index (χ0) is 16.7. The molecule has 2 aliphatic rings. The Morgan fingerprint density at radius 3 is 2.42 bits per heavy atom. The number of Topliss-reactive ketones (excluding diaryl/α,β-unsaturated/α-hetero) is 1.